The summed E-state index contributed by atoms with van der Waals surface area (Å²) in [6.07, 6.45) is 0.776. The van der Waals surface area contributed by atoms with Gasteiger partial charge < -0.3 is 15.2 Å². The van der Waals surface area contributed by atoms with Crippen molar-refractivity contribution in [2.45, 2.75) is 32.4 Å². The van der Waals surface area contributed by atoms with Gasteiger partial charge in [-0.25, -0.2) is 0 Å². The average molecular weight is 269 g/mol. The smallest absolute Gasteiger partial charge is 0.305 e. The number of thiophene rings is 1. The van der Waals surface area contributed by atoms with E-state index in [0.29, 0.717) is 18.1 Å². The molecule has 98 valence electrons. The van der Waals surface area contributed by atoms with Crippen LogP contribution in [0.15, 0.2) is 6.07 Å². The lowest BCUT2D eigenvalue weighted by molar-refractivity contribution is -0.137. The van der Waals surface area contributed by atoms with Gasteiger partial charge in [-0.2, -0.15) is 0 Å². The minimum absolute atomic E-state index is 0.0695. The van der Waals surface area contributed by atoms with Gasteiger partial charge in [0.25, 0.3) is 5.91 Å². The van der Waals surface area contributed by atoms with Crippen LogP contribution in [0.3, 0.4) is 0 Å². The second kappa shape index (κ2) is 5.49. The van der Waals surface area contributed by atoms with Crippen LogP contribution in [-0.2, 0) is 22.6 Å². The Kier molecular flexibility index (Phi) is 3.98. The Morgan fingerprint density at radius 1 is 1.61 bits per heavy atom. The molecule has 0 radical (unpaired) electrons. The lowest BCUT2D eigenvalue weighted by Gasteiger charge is -2.10. The molecule has 1 aliphatic heterocycles. The van der Waals surface area contributed by atoms with E-state index >= 15 is 0 Å². The maximum atomic E-state index is 11.9. The topological polar surface area (TPSA) is 75.6 Å². The van der Waals surface area contributed by atoms with Crippen molar-refractivity contribution in [3.8, 4) is 0 Å². The highest BCUT2D eigenvalue weighted by molar-refractivity contribution is 7.14. The zero-order valence-electron chi connectivity index (χ0n) is 10.1. The number of carbonyl (C=O) groups is 2. The quantitative estimate of drug-likeness (QED) is 0.866. The fourth-order valence-electron chi connectivity index (χ4n) is 1.87. The molecular formula is C12H15NO4S. The Morgan fingerprint density at radius 3 is 3.06 bits per heavy atom. The van der Waals surface area contributed by atoms with Crippen molar-refractivity contribution >= 4 is 23.2 Å². The number of ether oxygens (including phenoxy) is 1. The highest BCUT2D eigenvalue weighted by atomic mass is 32.1. The lowest BCUT2D eigenvalue weighted by Crippen LogP contribution is -2.33. The minimum Gasteiger partial charge on any atom is -0.481 e. The summed E-state index contributed by atoms with van der Waals surface area (Å²) in [5, 5.41) is 11.3. The van der Waals surface area contributed by atoms with Gasteiger partial charge in [-0.1, -0.05) is 0 Å². The molecule has 2 N–H and O–H groups in total. The molecule has 6 heteroatoms. The summed E-state index contributed by atoms with van der Waals surface area (Å²) in [4.78, 5) is 24.3. The van der Waals surface area contributed by atoms with Crippen LogP contribution in [0.4, 0.5) is 0 Å². The Hall–Kier alpha value is -1.40. The van der Waals surface area contributed by atoms with Crippen LogP contribution in [-0.4, -0.2) is 29.6 Å². The molecule has 0 aromatic carbocycles. The van der Waals surface area contributed by atoms with E-state index < -0.39 is 5.97 Å². The van der Waals surface area contributed by atoms with Crippen molar-refractivity contribution in [3.63, 3.8) is 0 Å². The lowest BCUT2D eigenvalue weighted by atomic mass is 10.2. The van der Waals surface area contributed by atoms with E-state index in [2.05, 4.69) is 5.32 Å². The summed E-state index contributed by atoms with van der Waals surface area (Å²) in [5.74, 6) is -1.12. The van der Waals surface area contributed by atoms with Gasteiger partial charge in [-0.05, 0) is 18.6 Å². The molecule has 0 saturated heterocycles. The number of aliphatic carboxylic acids is 1. The van der Waals surface area contributed by atoms with Crippen LogP contribution in [0.1, 0.15) is 33.5 Å². The molecule has 1 aromatic rings. The van der Waals surface area contributed by atoms with Gasteiger partial charge in [0.2, 0.25) is 0 Å². The van der Waals surface area contributed by atoms with Crippen LogP contribution in [0.25, 0.3) is 0 Å². The molecule has 1 amide bonds. The first-order valence-corrected chi connectivity index (χ1v) is 6.60. The summed E-state index contributed by atoms with van der Waals surface area (Å²) in [6.45, 7) is 2.94. The molecule has 2 rings (SSSR count). The van der Waals surface area contributed by atoms with E-state index in [1.54, 1.807) is 6.92 Å². The summed E-state index contributed by atoms with van der Waals surface area (Å²) in [5.41, 5.74) is 1.07. The zero-order chi connectivity index (χ0) is 13.1. The summed E-state index contributed by atoms with van der Waals surface area (Å²) in [7, 11) is 0. The van der Waals surface area contributed by atoms with E-state index in [0.717, 1.165) is 12.0 Å². The molecule has 0 fully saturated rings. The van der Waals surface area contributed by atoms with Crippen molar-refractivity contribution in [3.05, 3.63) is 21.4 Å². The molecular weight excluding hydrogens is 254 g/mol. The van der Waals surface area contributed by atoms with Gasteiger partial charge in [0.1, 0.15) is 0 Å². The van der Waals surface area contributed by atoms with E-state index in [9.17, 15) is 9.59 Å². The summed E-state index contributed by atoms with van der Waals surface area (Å²) < 4.78 is 5.32. The van der Waals surface area contributed by atoms with E-state index in [-0.39, 0.29) is 18.4 Å². The maximum Gasteiger partial charge on any atom is 0.305 e. The SMILES string of the molecule is CC(CC(=O)O)NC(=O)c1cc2c(s1)CCOC2. The predicted molar refractivity (Wildman–Crippen MR) is 66.9 cm³/mol. The first kappa shape index (κ1) is 13.0. The number of nitrogens with one attached hydrogen (secondary N) is 1. The minimum atomic E-state index is -0.915. The van der Waals surface area contributed by atoms with Gasteiger partial charge in [-0.3, -0.25) is 9.59 Å². The third-order valence-electron chi connectivity index (χ3n) is 2.71. The van der Waals surface area contributed by atoms with Crippen molar-refractivity contribution in [1.29, 1.82) is 0 Å². The molecule has 1 aliphatic rings. The largest absolute Gasteiger partial charge is 0.481 e. The van der Waals surface area contributed by atoms with Gasteiger partial charge in [0, 0.05) is 17.3 Å². The molecule has 18 heavy (non-hydrogen) atoms. The van der Waals surface area contributed by atoms with Gasteiger partial charge in [-0.15, -0.1) is 11.3 Å². The Morgan fingerprint density at radius 2 is 2.39 bits per heavy atom. The highest BCUT2D eigenvalue weighted by Gasteiger charge is 2.19. The van der Waals surface area contributed by atoms with Crippen molar-refractivity contribution in [1.82, 2.24) is 5.32 Å². The molecule has 1 atom stereocenters. The fraction of sp³-hybridized carbons (Fsp3) is 0.500. The molecule has 0 aliphatic carbocycles. The third kappa shape index (κ3) is 3.08. The standard InChI is InChI=1S/C12H15NO4S/c1-7(4-11(14)15)13-12(16)10-5-8-6-17-3-2-9(8)18-10/h5,7H,2-4,6H2,1H3,(H,13,16)(H,14,15). The molecule has 0 spiro atoms. The highest BCUT2D eigenvalue weighted by Crippen LogP contribution is 2.26. The number of amides is 1. The molecule has 0 saturated carbocycles. The van der Waals surface area contributed by atoms with Crippen molar-refractivity contribution in [2.75, 3.05) is 6.61 Å². The Bertz CT molecular complexity index is 445. The van der Waals surface area contributed by atoms with Crippen LogP contribution < -0.4 is 5.32 Å². The van der Waals surface area contributed by atoms with Crippen LogP contribution >= 0.6 is 11.3 Å². The number of carbonyl (C=O) groups excluding carboxylic acids is 1. The molecule has 1 unspecified atom stereocenters. The van der Waals surface area contributed by atoms with E-state index in [4.69, 9.17) is 9.84 Å². The van der Waals surface area contributed by atoms with Gasteiger partial charge in [0.15, 0.2) is 0 Å². The third-order valence-corrected chi connectivity index (χ3v) is 3.95. The number of hydrogen-bond donors (Lipinski definition) is 2. The Balaban J connectivity index is 2.00. The maximum absolute atomic E-state index is 11.9. The number of rotatable bonds is 4. The second-order valence-electron chi connectivity index (χ2n) is 4.33. The number of hydrogen-bond acceptors (Lipinski definition) is 4. The molecule has 1 aromatic heterocycles. The fourth-order valence-corrected chi connectivity index (χ4v) is 2.92. The summed E-state index contributed by atoms with van der Waals surface area (Å²) in [6, 6.07) is 1.47. The predicted octanol–water partition coefficient (Wildman–Crippen LogP) is 1.41. The van der Waals surface area contributed by atoms with E-state index in [1.165, 1.54) is 16.2 Å². The Labute approximate surface area is 109 Å². The second-order valence-corrected chi connectivity index (χ2v) is 5.47. The van der Waals surface area contributed by atoms with Crippen LogP contribution in [0.2, 0.25) is 0 Å². The van der Waals surface area contributed by atoms with Gasteiger partial charge in [0.05, 0.1) is 24.5 Å². The molecule has 5 nitrogen and oxygen atoms in total. The zero-order valence-corrected chi connectivity index (χ0v) is 10.9. The van der Waals surface area contributed by atoms with E-state index in [1.807, 2.05) is 6.07 Å². The molecule has 0 bridgehead atoms. The van der Waals surface area contributed by atoms with Crippen LogP contribution in [0.5, 0.6) is 0 Å². The van der Waals surface area contributed by atoms with Gasteiger partial charge >= 0.3 is 5.97 Å². The first-order chi connectivity index (χ1) is 8.56. The van der Waals surface area contributed by atoms with Crippen molar-refractivity contribution in [2.24, 2.45) is 0 Å². The number of carboxylic acid groups (broad SMARTS) is 1. The number of fused-ring (bicyclic) bond motifs is 1. The first-order valence-electron chi connectivity index (χ1n) is 5.78. The normalized spacial score (nSPS) is 15.8. The molecule has 2 heterocycles. The summed E-state index contributed by atoms with van der Waals surface area (Å²) >= 11 is 1.46. The number of carboxylic acids is 1. The van der Waals surface area contributed by atoms with Crippen LogP contribution in [0, 0.1) is 0 Å². The monoisotopic (exact) mass is 269 g/mol. The average Bonchev–Trinajstić information content (AvgIpc) is 2.71. The van der Waals surface area contributed by atoms with Crippen molar-refractivity contribution < 1.29 is 19.4 Å².